The van der Waals surface area contributed by atoms with E-state index in [-0.39, 0.29) is 35.4 Å². The number of para-hydroxylation sites is 1. The van der Waals surface area contributed by atoms with Crippen molar-refractivity contribution in [1.29, 1.82) is 0 Å². The van der Waals surface area contributed by atoms with Crippen molar-refractivity contribution in [3.8, 4) is 5.69 Å². The maximum absolute atomic E-state index is 12.9. The third-order valence-electron chi connectivity index (χ3n) is 5.26. The number of Topliss-reactive ketones (excluding diaryl/α,β-unsaturated/α-hetero) is 1. The van der Waals surface area contributed by atoms with Crippen LogP contribution in [0.3, 0.4) is 0 Å². The Balaban J connectivity index is 1.33. The molecule has 0 unspecified atom stereocenters. The van der Waals surface area contributed by atoms with Gasteiger partial charge in [-0.2, -0.15) is 8.99 Å². The molecule has 2 heterocycles. The van der Waals surface area contributed by atoms with Crippen LogP contribution in [0.15, 0.2) is 64.6 Å². The molecule has 3 aromatic rings. The van der Waals surface area contributed by atoms with Gasteiger partial charge in [0.25, 0.3) is 0 Å². The molecule has 4 rings (SSSR count). The van der Waals surface area contributed by atoms with Crippen LogP contribution in [0.25, 0.3) is 5.69 Å². The topological polar surface area (TPSA) is 118 Å². The highest BCUT2D eigenvalue weighted by Gasteiger charge is 2.30. The van der Waals surface area contributed by atoms with Gasteiger partial charge >= 0.3 is 0 Å². The molecule has 1 aliphatic heterocycles. The molecule has 0 saturated carbocycles. The van der Waals surface area contributed by atoms with Gasteiger partial charge < -0.3 is 4.90 Å². The molecule has 1 aromatic heterocycles. The summed E-state index contributed by atoms with van der Waals surface area (Å²) in [6.07, 6.45) is 0. The zero-order valence-corrected chi connectivity index (χ0v) is 19.5. The molecule has 33 heavy (non-hydrogen) atoms. The van der Waals surface area contributed by atoms with Crippen LogP contribution in [0, 0.1) is 0 Å². The molecular formula is C21H22N6O4S2. The number of carbonyl (C=O) groups excluding carboxylic acids is 2. The molecule has 0 bridgehead atoms. The summed E-state index contributed by atoms with van der Waals surface area (Å²) in [5.74, 6) is -0.0841. The molecule has 1 saturated heterocycles. The Hall–Kier alpha value is -3.09. The smallest absolute Gasteiger partial charge is 0.243 e. The highest BCUT2D eigenvalue weighted by molar-refractivity contribution is 7.99. The number of aromatic nitrogens is 4. The van der Waals surface area contributed by atoms with E-state index in [1.165, 1.54) is 47.3 Å². The number of piperazine rings is 1. The van der Waals surface area contributed by atoms with Crippen molar-refractivity contribution in [2.75, 3.05) is 31.9 Å². The highest BCUT2D eigenvalue weighted by atomic mass is 32.2. The Bertz CT molecular complexity index is 1240. The molecule has 1 amide bonds. The third-order valence-corrected chi connectivity index (χ3v) is 8.07. The van der Waals surface area contributed by atoms with Gasteiger partial charge in [0.2, 0.25) is 21.1 Å². The number of tetrazole rings is 1. The van der Waals surface area contributed by atoms with Gasteiger partial charge in [-0.3, -0.25) is 9.59 Å². The monoisotopic (exact) mass is 486 g/mol. The summed E-state index contributed by atoms with van der Waals surface area (Å²) in [6, 6.07) is 15.3. The number of thioether (sulfide) groups is 1. The minimum absolute atomic E-state index is 0.106. The predicted octanol–water partition coefficient (Wildman–Crippen LogP) is 1.49. The fourth-order valence-corrected chi connectivity index (χ4v) is 5.62. The quantitative estimate of drug-likeness (QED) is 0.364. The number of amides is 1. The average Bonchev–Trinajstić information content (AvgIpc) is 3.32. The lowest BCUT2D eigenvalue weighted by Gasteiger charge is -2.34. The first-order chi connectivity index (χ1) is 15.9. The molecule has 0 atom stereocenters. The molecule has 0 spiro atoms. The van der Waals surface area contributed by atoms with Crippen LogP contribution in [0.5, 0.6) is 0 Å². The normalized spacial score (nSPS) is 14.9. The van der Waals surface area contributed by atoms with E-state index >= 15 is 0 Å². The van der Waals surface area contributed by atoms with Gasteiger partial charge in [-0.25, -0.2) is 8.42 Å². The largest absolute Gasteiger partial charge is 0.339 e. The first kappa shape index (κ1) is 23.1. The van der Waals surface area contributed by atoms with Crippen LogP contribution in [0.4, 0.5) is 0 Å². The van der Waals surface area contributed by atoms with E-state index < -0.39 is 10.0 Å². The number of hydrogen-bond acceptors (Lipinski definition) is 8. The van der Waals surface area contributed by atoms with E-state index in [0.29, 0.717) is 23.8 Å². The number of ketones is 1. The molecule has 0 aliphatic carbocycles. The number of hydrogen-bond donors (Lipinski definition) is 0. The molecule has 1 aliphatic rings. The van der Waals surface area contributed by atoms with Gasteiger partial charge in [0.05, 0.1) is 16.3 Å². The second kappa shape index (κ2) is 9.81. The van der Waals surface area contributed by atoms with Crippen molar-refractivity contribution in [3.63, 3.8) is 0 Å². The van der Waals surface area contributed by atoms with Gasteiger partial charge in [0.15, 0.2) is 5.78 Å². The Morgan fingerprint density at radius 3 is 2.27 bits per heavy atom. The predicted molar refractivity (Wildman–Crippen MR) is 122 cm³/mol. The minimum atomic E-state index is -3.69. The maximum atomic E-state index is 12.9. The summed E-state index contributed by atoms with van der Waals surface area (Å²) in [5, 5.41) is 12.2. The molecular weight excluding hydrogens is 464 g/mol. The van der Waals surface area contributed by atoms with Crippen molar-refractivity contribution >= 4 is 33.5 Å². The van der Waals surface area contributed by atoms with Gasteiger partial charge in [-0.1, -0.05) is 42.1 Å². The molecule has 12 heteroatoms. The second-order valence-corrected chi connectivity index (χ2v) is 10.2. The van der Waals surface area contributed by atoms with Crippen molar-refractivity contribution < 1.29 is 18.0 Å². The minimum Gasteiger partial charge on any atom is -0.339 e. The SMILES string of the molecule is CC(=O)c1ccc(S(=O)(=O)N2CCN(C(=O)CSc3nnnn3-c3ccccc3)CC2)cc1. The standard InChI is InChI=1S/C21H22N6O4S2/c1-16(28)17-7-9-19(10-8-17)33(30,31)26-13-11-25(12-14-26)20(29)15-32-21-22-23-24-27(21)18-5-3-2-4-6-18/h2-10H,11-15H2,1H3. The Morgan fingerprint density at radius 2 is 1.64 bits per heavy atom. The van der Waals surface area contributed by atoms with Crippen LogP contribution in [0.2, 0.25) is 0 Å². The summed E-state index contributed by atoms with van der Waals surface area (Å²) in [6.45, 7) is 2.44. The van der Waals surface area contributed by atoms with Crippen molar-refractivity contribution in [2.24, 2.45) is 0 Å². The number of carbonyl (C=O) groups is 2. The van der Waals surface area contributed by atoms with Crippen LogP contribution < -0.4 is 0 Å². The van der Waals surface area contributed by atoms with Gasteiger partial charge in [-0.15, -0.1) is 5.10 Å². The zero-order chi connectivity index (χ0) is 23.4. The Labute approximate surface area is 195 Å². The van der Waals surface area contributed by atoms with Crippen LogP contribution >= 0.6 is 11.8 Å². The molecule has 2 aromatic carbocycles. The van der Waals surface area contributed by atoms with E-state index in [9.17, 15) is 18.0 Å². The summed E-state index contributed by atoms with van der Waals surface area (Å²) >= 11 is 1.23. The third kappa shape index (κ3) is 5.13. The number of rotatable bonds is 7. The molecule has 1 fully saturated rings. The van der Waals surface area contributed by atoms with Crippen molar-refractivity contribution in [2.45, 2.75) is 17.0 Å². The van der Waals surface area contributed by atoms with Gasteiger partial charge in [-0.05, 0) is 41.6 Å². The first-order valence-electron chi connectivity index (χ1n) is 10.2. The average molecular weight is 487 g/mol. The van der Waals surface area contributed by atoms with E-state index in [1.807, 2.05) is 30.3 Å². The van der Waals surface area contributed by atoms with E-state index in [1.54, 1.807) is 9.58 Å². The summed E-state index contributed by atoms with van der Waals surface area (Å²) < 4.78 is 28.7. The Morgan fingerprint density at radius 1 is 0.970 bits per heavy atom. The lowest BCUT2D eigenvalue weighted by atomic mass is 10.2. The second-order valence-electron chi connectivity index (χ2n) is 7.36. The van der Waals surface area contributed by atoms with Crippen LogP contribution in [-0.4, -0.2) is 81.5 Å². The first-order valence-corrected chi connectivity index (χ1v) is 12.6. The zero-order valence-electron chi connectivity index (χ0n) is 17.9. The molecule has 10 nitrogen and oxygen atoms in total. The number of sulfonamides is 1. The fourth-order valence-electron chi connectivity index (χ4n) is 3.41. The number of benzene rings is 2. The molecule has 0 N–H and O–H groups in total. The lowest BCUT2D eigenvalue weighted by molar-refractivity contribution is -0.129. The number of nitrogens with zero attached hydrogens (tertiary/aromatic N) is 6. The van der Waals surface area contributed by atoms with E-state index in [0.717, 1.165) is 5.69 Å². The van der Waals surface area contributed by atoms with E-state index in [4.69, 9.17) is 0 Å². The summed E-state index contributed by atoms with van der Waals surface area (Å²) in [5.41, 5.74) is 1.26. The van der Waals surface area contributed by atoms with Crippen molar-refractivity contribution in [1.82, 2.24) is 29.4 Å². The summed E-state index contributed by atoms with van der Waals surface area (Å²) in [7, 11) is -3.69. The summed E-state index contributed by atoms with van der Waals surface area (Å²) in [4.78, 5) is 25.9. The van der Waals surface area contributed by atoms with Crippen LogP contribution in [-0.2, 0) is 14.8 Å². The lowest BCUT2D eigenvalue weighted by Crippen LogP contribution is -2.51. The van der Waals surface area contributed by atoms with Crippen molar-refractivity contribution in [3.05, 3.63) is 60.2 Å². The highest BCUT2D eigenvalue weighted by Crippen LogP contribution is 2.21. The maximum Gasteiger partial charge on any atom is 0.243 e. The Kier molecular flexibility index (Phi) is 6.86. The fraction of sp³-hybridized carbons (Fsp3) is 0.286. The van der Waals surface area contributed by atoms with Crippen LogP contribution in [0.1, 0.15) is 17.3 Å². The molecule has 172 valence electrons. The molecule has 0 radical (unpaired) electrons. The van der Waals surface area contributed by atoms with Gasteiger partial charge in [0, 0.05) is 31.7 Å². The van der Waals surface area contributed by atoms with E-state index in [2.05, 4.69) is 15.5 Å². The van der Waals surface area contributed by atoms with Gasteiger partial charge in [0.1, 0.15) is 0 Å².